The van der Waals surface area contributed by atoms with Crippen LogP contribution in [-0.4, -0.2) is 45.2 Å². The Morgan fingerprint density at radius 1 is 1.25 bits per heavy atom. The molecule has 1 aromatic rings. The molecule has 6 heteroatoms. The smallest absolute Gasteiger partial charge is 0.255 e. The van der Waals surface area contributed by atoms with E-state index in [1.54, 1.807) is 25.3 Å². The number of halogens is 1. The average Bonchev–Trinajstić information content (AvgIpc) is 2.49. The predicted octanol–water partition coefficient (Wildman–Crippen LogP) is 2.24. The lowest BCUT2D eigenvalue weighted by Crippen LogP contribution is -2.25. The van der Waals surface area contributed by atoms with Crippen molar-refractivity contribution in [2.45, 2.75) is 6.42 Å². The SMILES string of the molecule is COc1cccc(C(=O)NCCCOCCBr)c1OC. The summed E-state index contributed by atoms with van der Waals surface area (Å²) in [7, 11) is 3.06. The van der Waals surface area contributed by atoms with Crippen LogP contribution >= 0.6 is 15.9 Å². The lowest BCUT2D eigenvalue weighted by Gasteiger charge is -2.12. The van der Waals surface area contributed by atoms with Gasteiger partial charge in [0.05, 0.1) is 26.4 Å². The molecule has 0 unspecified atom stereocenters. The van der Waals surface area contributed by atoms with E-state index in [1.165, 1.54) is 7.11 Å². The van der Waals surface area contributed by atoms with E-state index in [2.05, 4.69) is 21.2 Å². The zero-order valence-corrected chi connectivity index (χ0v) is 13.4. The molecule has 112 valence electrons. The van der Waals surface area contributed by atoms with Gasteiger partial charge in [-0.25, -0.2) is 0 Å². The number of ether oxygens (including phenoxy) is 3. The Morgan fingerprint density at radius 2 is 2.05 bits per heavy atom. The topological polar surface area (TPSA) is 56.8 Å². The number of benzene rings is 1. The fourth-order valence-corrected chi connectivity index (χ4v) is 1.92. The highest BCUT2D eigenvalue weighted by atomic mass is 79.9. The summed E-state index contributed by atoms with van der Waals surface area (Å²) in [5.74, 6) is 0.810. The summed E-state index contributed by atoms with van der Waals surface area (Å²) >= 11 is 3.28. The molecule has 0 heterocycles. The quantitative estimate of drug-likeness (QED) is 0.550. The molecule has 0 bridgehead atoms. The van der Waals surface area contributed by atoms with Gasteiger partial charge in [-0.15, -0.1) is 0 Å². The summed E-state index contributed by atoms with van der Waals surface area (Å²) in [6.45, 7) is 1.86. The minimum absolute atomic E-state index is 0.179. The van der Waals surface area contributed by atoms with E-state index in [4.69, 9.17) is 14.2 Å². The van der Waals surface area contributed by atoms with E-state index in [0.717, 1.165) is 11.8 Å². The van der Waals surface area contributed by atoms with Crippen molar-refractivity contribution in [3.8, 4) is 11.5 Å². The van der Waals surface area contributed by atoms with Gasteiger partial charge in [-0.05, 0) is 18.6 Å². The van der Waals surface area contributed by atoms with Gasteiger partial charge in [0.1, 0.15) is 0 Å². The number of amides is 1. The summed E-state index contributed by atoms with van der Waals surface area (Å²) in [5, 5.41) is 3.66. The highest BCUT2D eigenvalue weighted by Gasteiger charge is 2.15. The van der Waals surface area contributed by atoms with Crippen LogP contribution in [0.3, 0.4) is 0 Å². The van der Waals surface area contributed by atoms with Crippen LogP contribution in [0.4, 0.5) is 0 Å². The van der Waals surface area contributed by atoms with E-state index in [1.807, 2.05) is 0 Å². The number of hydrogen-bond donors (Lipinski definition) is 1. The number of rotatable bonds is 9. The molecule has 0 aliphatic heterocycles. The van der Waals surface area contributed by atoms with Crippen LogP contribution in [0, 0.1) is 0 Å². The van der Waals surface area contributed by atoms with Crippen molar-refractivity contribution in [1.29, 1.82) is 0 Å². The van der Waals surface area contributed by atoms with Crippen LogP contribution in [0.2, 0.25) is 0 Å². The maximum atomic E-state index is 12.1. The normalized spacial score (nSPS) is 10.2. The Morgan fingerprint density at radius 3 is 2.70 bits per heavy atom. The third-order valence-corrected chi connectivity index (χ3v) is 2.94. The third-order valence-electron chi connectivity index (χ3n) is 2.62. The van der Waals surface area contributed by atoms with Crippen molar-refractivity contribution in [1.82, 2.24) is 5.32 Å². The second-order valence-corrected chi connectivity index (χ2v) is 4.74. The molecule has 0 aromatic heterocycles. The molecule has 0 aliphatic carbocycles. The number of carbonyl (C=O) groups excluding carboxylic acids is 1. The van der Waals surface area contributed by atoms with Crippen molar-refractivity contribution in [3.63, 3.8) is 0 Å². The van der Waals surface area contributed by atoms with Gasteiger partial charge in [-0.2, -0.15) is 0 Å². The summed E-state index contributed by atoms with van der Waals surface area (Å²) in [6.07, 6.45) is 0.769. The molecular weight excluding hydrogens is 326 g/mol. The minimum Gasteiger partial charge on any atom is -0.493 e. The van der Waals surface area contributed by atoms with Gasteiger partial charge >= 0.3 is 0 Å². The molecule has 20 heavy (non-hydrogen) atoms. The van der Waals surface area contributed by atoms with E-state index >= 15 is 0 Å². The fourth-order valence-electron chi connectivity index (χ4n) is 1.69. The highest BCUT2D eigenvalue weighted by Crippen LogP contribution is 2.30. The third kappa shape index (κ3) is 5.02. The highest BCUT2D eigenvalue weighted by molar-refractivity contribution is 9.09. The van der Waals surface area contributed by atoms with Gasteiger partial charge in [0.2, 0.25) is 0 Å². The lowest BCUT2D eigenvalue weighted by atomic mass is 10.1. The zero-order valence-electron chi connectivity index (χ0n) is 11.8. The molecule has 5 nitrogen and oxygen atoms in total. The maximum Gasteiger partial charge on any atom is 0.255 e. The second-order valence-electron chi connectivity index (χ2n) is 3.95. The van der Waals surface area contributed by atoms with Crippen LogP contribution in [0.25, 0.3) is 0 Å². The van der Waals surface area contributed by atoms with Crippen molar-refractivity contribution in [2.24, 2.45) is 0 Å². The monoisotopic (exact) mass is 345 g/mol. The van der Waals surface area contributed by atoms with Crippen LogP contribution in [0.1, 0.15) is 16.8 Å². The number of hydrogen-bond acceptors (Lipinski definition) is 4. The Bertz CT molecular complexity index is 426. The molecule has 0 atom stereocenters. The van der Waals surface area contributed by atoms with Gasteiger partial charge in [-0.1, -0.05) is 22.0 Å². The molecule has 0 aliphatic rings. The molecule has 1 aromatic carbocycles. The molecule has 1 N–H and O–H groups in total. The van der Waals surface area contributed by atoms with Crippen molar-refractivity contribution in [2.75, 3.05) is 39.3 Å². The maximum absolute atomic E-state index is 12.1. The molecular formula is C14H20BrNO4. The number of methoxy groups -OCH3 is 2. The molecule has 0 spiro atoms. The molecule has 1 amide bonds. The second kappa shape index (κ2) is 9.61. The summed E-state index contributed by atoms with van der Waals surface area (Å²) in [5.41, 5.74) is 0.466. The number of para-hydroxylation sites is 1. The van der Waals surface area contributed by atoms with Crippen LogP contribution in [-0.2, 0) is 4.74 Å². The van der Waals surface area contributed by atoms with Gasteiger partial charge < -0.3 is 19.5 Å². The number of nitrogens with one attached hydrogen (secondary N) is 1. The summed E-state index contributed by atoms with van der Waals surface area (Å²) < 4.78 is 15.7. The summed E-state index contributed by atoms with van der Waals surface area (Å²) in [6, 6.07) is 5.22. The van der Waals surface area contributed by atoms with Crippen LogP contribution in [0.5, 0.6) is 11.5 Å². The molecule has 0 radical (unpaired) electrons. The van der Waals surface area contributed by atoms with Crippen LogP contribution in [0.15, 0.2) is 18.2 Å². The average molecular weight is 346 g/mol. The molecule has 0 saturated carbocycles. The Hall–Kier alpha value is -1.27. The van der Waals surface area contributed by atoms with Crippen LogP contribution < -0.4 is 14.8 Å². The number of alkyl halides is 1. The standard InChI is InChI=1S/C14H20BrNO4/c1-18-12-6-3-5-11(13(12)19-2)14(17)16-8-4-9-20-10-7-15/h3,5-6H,4,7-10H2,1-2H3,(H,16,17). The van der Waals surface area contributed by atoms with Gasteiger partial charge in [0.15, 0.2) is 11.5 Å². The van der Waals surface area contributed by atoms with Crippen molar-refractivity contribution in [3.05, 3.63) is 23.8 Å². The van der Waals surface area contributed by atoms with Gasteiger partial charge in [-0.3, -0.25) is 4.79 Å². The first-order valence-corrected chi connectivity index (χ1v) is 7.49. The number of carbonyl (C=O) groups is 1. The molecule has 0 fully saturated rings. The van der Waals surface area contributed by atoms with E-state index in [9.17, 15) is 4.79 Å². The van der Waals surface area contributed by atoms with Crippen molar-refractivity contribution >= 4 is 21.8 Å². The molecule has 1 rings (SSSR count). The first-order valence-electron chi connectivity index (χ1n) is 6.37. The fraction of sp³-hybridized carbons (Fsp3) is 0.500. The Kier molecular flexibility index (Phi) is 8.06. The van der Waals surface area contributed by atoms with Gasteiger partial charge in [0, 0.05) is 18.5 Å². The van der Waals surface area contributed by atoms with E-state index in [-0.39, 0.29) is 5.91 Å². The molecule has 0 saturated heterocycles. The first-order chi connectivity index (χ1) is 9.74. The predicted molar refractivity (Wildman–Crippen MR) is 81.1 cm³/mol. The summed E-state index contributed by atoms with van der Waals surface area (Å²) in [4.78, 5) is 12.1. The van der Waals surface area contributed by atoms with Gasteiger partial charge in [0.25, 0.3) is 5.91 Å². The first kappa shape index (κ1) is 16.8. The lowest BCUT2D eigenvalue weighted by molar-refractivity contribution is 0.0941. The Labute approximate surface area is 127 Å². The van der Waals surface area contributed by atoms with E-state index in [0.29, 0.717) is 36.8 Å². The largest absolute Gasteiger partial charge is 0.493 e. The Balaban J connectivity index is 2.51. The minimum atomic E-state index is -0.179. The van der Waals surface area contributed by atoms with Crippen molar-refractivity contribution < 1.29 is 19.0 Å². The zero-order chi connectivity index (χ0) is 14.8. The van der Waals surface area contributed by atoms with E-state index < -0.39 is 0 Å².